The van der Waals surface area contributed by atoms with Gasteiger partial charge in [-0.05, 0) is 44.6 Å². The van der Waals surface area contributed by atoms with Gasteiger partial charge in [0.25, 0.3) is 0 Å². The topological polar surface area (TPSA) is 60.9 Å². The summed E-state index contributed by atoms with van der Waals surface area (Å²) in [6, 6.07) is 0.499. The zero-order chi connectivity index (χ0) is 15.0. The number of amides is 1. The molecule has 5 nitrogen and oxygen atoms in total. The fraction of sp³-hybridized carbons (Fsp3) is 0.875. The molecule has 0 aromatic heterocycles. The average molecular weight is 294 g/mol. The highest BCUT2D eigenvalue weighted by molar-refractivity contribution is 5.85. The summed E-state index contributed by atoms with van der Waals surface area (Å²) in [7, 11) is 0. The Labute approximate surface area is 126 Å². The van der Waals surface area contributed by atoms with Gasteiger partial charge in [0.2, 0.25) is 5.91 Å². The first kappa shape index (κ1) is 14.8. The number of carbonyl (C=O) groups excluding carboxylic acids is 1. The Balaban J connectivity index is 1.70. The van der Waals surface area contributed by atoms with Crippen LogP contribution in [-0.4, -0.2) is 59.0 Å². The maximum Gasteiger partial charge on any atom is 0.307 e. The fourth-order valence-electron chi connectivity index (χ4n) is 4.48. The minimum absolute atomic E-state index is 0.0977. The Bertz CT molecular complexity index is 426. The van der Waals surface area contributed by atoms with Crippen molar-refractivity contribution in [2.75, 3.05) is 26.2 Å². The lowest BCUT2D eigenvalue weighted by molar-refractivity contribution is -0.149. The third kappa shape index (κ3) is 2.93. The Morgan fingerprint density at radius 2 is 1.76 bits per heavy atom. The number of carbonyl (C=O) groups is 2. The summed E-state index contributed by atoms with van der Waals surface area (Å²) in [5.41, 5.74) is 0. The van der Waals surface area contributed by atoms with E-state index >= 15 is 0 Å². The SMILES string of the molecule is CC1C[C@H](C(=O)N2CCCN3CCCC3C2)[C@H](C(=O)O)C1. The predicted molar refractivity (Wildman–Crippen MR) is 78.8 cm³/mol. The summed E-state index contributed by atoms with van der Waals surface area (Å²) in [4.78, 5) is 28.7. The third-order valence-electron chi connectivity index (χ3n) is 5.55. The van der Waals surface area contributed by atoms with Crippen molar-refractivity contribution >= 4 is 11.9 Å². The van der Waals surface area contributed by atoms with Crippen molar-refractivity contribution in [2.24, 2.45) is 17.8 Å². The molecule has 1 aliphatic carbocycles. The quantitative estimate of drug-likeness (QED) is 0.837. The van der Waals surface area contributed by atoms with Crippen molar-refractivity contribution in [3.05, 3.63) is 0 Å². The fourth-order valence-corrected chi connectivity index (χ4v) is 4.48. The van der Waals surface area contributed by atoms with Crippen LogP contribution in [0.4, 0.5) is 0 Å². The zero-order valence-corrected chi connectivity index (χ0v) is 12.8. The van der Waals surface area contributed by atoms with E-state index in [1.807, 2.05) is 4.90 Å². The van der Waals surface area contributed by atoms with Crippen LogP contribution in [0.15, 0.2) is 0 Å². The number of fused-ring (bicyclic) bond motifs is 1. The van der Waals surface area contributed by atoms with Crippen molar-refractivity contribution in [1.29, 1.82) is 0 Å². The minimum atomic E-state index is -0.796. The Kier molecular flexibility index (Phi) is 4.20. The first-order chi connectivity index (χ1) is 10.1. The van der Waals surface area contributed by atoms with E-state index in [1.54, 1.807) is 0 Å². The van der Waals surface area contributed by atoms with Gasteiger partial charge in [-0.1, -0.05) is 6.92 Å². The smallest absolute Gasteiger partial charge is 0.307 e. The summed E-state index contributed by atoms with van der Waals surface area (Å²) in [6.45, 7) is 5.90. The largest absolute Gasteiger partial charge is 0.481 e. The van der Waals surface area contributed by atoms with E-state index in [0.29, 0.717) is 18.4 Å². The van der Waals surface area contributed by atoms with E-state index in [9.17, 15) is 14.7 Å². The van der Waals surface area contributed by atoms with E-state index in [4.69, 9.17) is 0 Å². The van der Waals surface area contributed by atoms with Crippen LogP contribution in [0.2, 0.25) is 0 Å². The zero-order valence-electron chi connectivity index (χ0n) is 12.8. The van der Waals surface area contributed by atoms with E-state index in [-0.39, 0.29) is 11.8 Å². The molecule has 3 rings (SSSR count). The number of carboxylic acid groups (broad SMARTS) is 1. The molecule has 118 valence electrons. The lowest BCUT2D eigenvalue weighted by Crippen LogP contribution is -2.43. The lowest BCUT2D eigenvalue weighted by Gasteiger charge is -2.29. The second kappa shape index (κ2) is 5.95. The maximum atomic E-state index is 12.8. The van der Waals surface area contributed by atoms with Crippen molar-refractivity contribution in [2.45, 2.75) is 45.1 Å². The van der Waals surface area contributed by atoms with Gasteiger partial charge >= 0.3 is 5.97 Å². The van der Waals surface area contributed by atoms with Crippen molar-refractivity contribution in [3.63, 3.8) is 0 Å². The summed E-state index contributed by atoms with van der Waals surface area (Å²) >= 11 is 0. The molecule has 4 atom stereocenters. The molecule has 0 radical (unpaired) electrons. The maximum absolute atomic E-state index is 12.8. The van der Waals surface area contributed by atoms with E-state index < -0.39 is 11.9 Å². The molecule has 1 saturated carbocycles. The highest BCUT2D eigenvalue weighted by Crippen LogP contribution is 2.38. The number of aliphatic carboxylic acids is 1. The van der Waals surface area contributed by atoms with Gasteiger partial charge in [-0.2, -0.15) is 0 Å². The highest BCUT2D eigenvalue weighted by atomic mass is 16.4. The number of carboxylic acids is 1. The molecule has 5 heteroatoms. The first-order valence-corrected chi connectivity index (χ1v) is 8.32. The Morgan fingerprint density at radius 3 is 2.52 bits per heavy atom. The van der Waals surface area contributed by atoms with Gasteiger partial charge in [0.05, 0.1) is 11.8 Å². The second-order valence-electron chi connectivity index (χ2n) is 7.10. The van der Waals surface area contributed by atoms with E-state index in [0.717, 1.165) is 39.0 Å². The summed E-state index contributed by atoms with van der Waals surface area (Å²) in [5, 5.41) is 9.38. The summed E-state index contributed by atoms with van der Waals surface area (Å²) in [5.74, 6) is -1.13. The minimum Gasteiger partial charge on any atom is -0.481 e. The molecule has 1 amide bonds. The normalized spacial score (nSPS) is 37.3. The number of nitrogens with zero attached hydrogens (tertiary/aromatic N) is 2. The Morgan fingerprint density at radius 1 is 1.05 bits per heavy atom. The van der Waals surface area contributed by atoms with Crippen LogP contribution in [0.5, 0.6) is 0 Å². The molecule has 0 aromatic rings. The molecule has 2 unspecified atom stereocenters. The predicted octanol–water partition coefficient (Wildman–Crippen LogP) is 1.43. The first-order valence-electron chi connectivity index (χ1n) is 8.32. The van der Waals surface area contributed by atoms with Crippen molar-refractivity contribution in [1.82, 2.24) is 9.80 Å². The standard InChI is InChI=1S/C16H26N2O3/c1-11-8-13(14(9-11)16(20)21)15(19)18-7-3-6-17-5-2-4-12(17)10-18/h11-14H,2-10H2,1H3,(H,20,21)/t11?,12?,13-,14+/m0/s1. The highest BCUT2D eigenvalue weighted by Gasteiger charge is 2.43. The molecule has 2 heterocycles. The van der Waals surface area contributed by atoms with Crippen LogP contribution in [-0.2, 0) is 9.59 Å². The molecular formula is C16H26N2O3. The van der Waals surface area contributed by atoms with E-state index in [2.05, 4.69) is 11.8 Å². The molecule has 1 N–H and O–H groups in total. The molecule has 3 fully saturated rings. The van der Waals surface area contributed by atoms with Gasteiger partial charge in [-0.3, -0.25) is 14.5 Å². The van der Waals surface area contributed by atoms with Crippen molar-refractivity contribution < 1.29 is 14.7 Å². The number of hydrogen-bond donors (Lipinski definition) is 1. The average Bonchev–Trinajstić information content (AvgIpc) is 2.99. The van der Waals surface area contributed by atoms with Gasteiger partial charge in [0.15, 0.2) is 0 Å². The molecule has 0 aromatic carbocycles. The van der Waals surface area contributed by atoms with Gasteiger partial charge in [0, 0.05) is 25.7 Å². The van der Waals surface area contributed by atoms with Crippen LogP contribution in [0.1, 0.15) is 39.0 Å². The van der Waals surface area contributed by atoms with Gasteiger partial charge in [-0.15, -0.1) is 0 Å². The molecule has 2 saturated heterocycles. The third-order valence-corrected chi connectivity index (χ3v) is 5.55. The van der Waals surface area contributed by atoms with Crippen LogP contribution in [0.3, 0.4) is 0 Å². The van der Waals surface area contributed by atoms with Crippen LogP contribution in [0.25, 0.3) is 0 Å². The monoisotopic (exact) mass is 294 g/mol. The lowest BCUT2D eigenvalue weighted by atomic mass is 9.94. The van der Waals surface area contributed by atoms with Gasteiger partial charge in [0.1, 0.15) is 0 Å². The van der Waals surface area contributed by atoms with Crippen LogP contribution < -0.4 is 0 Å². The molecular weight excluding hydrogens is 268 g/mol. The number of hydrogen-bond acceptors (Lipinski definition) is 3. The number of rotatable bonds is 2. The molecule has 0 spiro atoms. The van der Waals surface area contributed by atoms with Crippen molar-refractivity contribution in [3.8, 4) is 0 Å². The van der Waals surface area contributed by atoms with Crippen LogP contribution in [0, 0.1) is 17.8 Å². The molecule has 2 aliphatic heterocycles. The molecule has 0 bridgehead atoms. The van der Waals surface area contributed by atoms with Gasteiger partial charge in [-0.25, -0.2) is 0 Å². The van der Waals surface area contributed by atoms with Crippen LogP contribution >= 0.6 is 0 Å². The van der Waals surface area contributed by atoms with Gasteiger partial charge < -0.3 is 10.0 Å². The van der Waals surface area contributed by atoms with E-state index in [1.165, 1.54) is 12.8 Å². The molecule has 3 aliphatic rings. The summed E-state index contributed by atoms with van der Waals surface area (Å²) in [6.07, 6.45) is 4.80. The second-order valence-corrected chi connectivity index (χ2v) is 7.10. The summed E-state index contributed by atoms with van der Waals surface area (Å²) < 4.78 is 0. The Hall–Kier alpha value is -1.10. The molecule has 21 heavy (non-hydrogen) atoms.